The normalized spacial score (nSPS) is 8.70. The van der Waals surface area contributed by atoms with Crippen LogP contribution in [0, 0.1) is 0 Å². The number of hydrogen-bond acceptors (Lipinski definition) is 12. The van der Waals surface area contributed by atoms with Crippen molar-refractivity contribution in [1.82, 2.24) is 0 Å². The van der Waals surface area contributed by atoms with Gasteiger partial charge in [-0.1, -0.05) is 0 Å². The van der Waals surface area contributed by atoms with Crippen LogP contribution in [0.2, 0.25) is 0 Å². The van der Waals surface area contributed by atoms with Gasteiger partial charge in [-0.3, -0.25) is 0 Å². The van der Waals surface area contributed by atoms with E-state index in [-0.39, 0.29) is 225 Å². The van der Waals surface area contributed by atoms with Gasteiger partial charge in [-0.2, -0.15) is 0 Å². The summed E-state index contributed by atoms with van der Waals surface area (Å²) in [5.74, 6) is 0. The molecule has 0 amide bonds. The number of hydrogen-bond donors (Lipinski definition) is 0. The summed E-state index contributed by atoms with van der Waals surface area (Å²) in [5.41, 5.74) is 0. The molecule has 0 aliphatic carbocycles. The van der Waals surface area contributed by atoms with Crippen molar-refractivity contribution in [3.05, 3.63) is 0 Å². The van der Waals surface area contributed by atoms with E-state index in [4.69, 9.17) is 47.8 Å². The van der Waals surface area contributed by atoms with Gasteiger partial charge < -0.3 is 0 Å². The second-order valence-corrected chi connectivity index (χ2v) is 5.05. The maximum absolute atomic E-state index is 8.59. The molecular weight excluding hydrogens is 570 g/mol. The van der Waals surface area contributed by atoms with Gasteiger partial charge in [-0.15, -0.1) is 0 Å². The van der Waals surface area contributed by atoms with Gasteiger partial charge in [0.05, 0.1) is 0 Å². The Hall–Kier alpha value is 7.33. The summed E-state index contributed by atoms with van der Waals surface area (Å²) in [5, 5.41) is 0. The molecule has 0 bridgehead atoms. The van der Waals surface area contributed by atoms with Crippen LogP contribution < -0.4 is 230 Å². The first kappa shape index (κ1) is 50.7. The molecule has 0 aliphatic rings. The standard InChI is InChI=1S/3Cr.4K.12O.Zn/q;;;4*+1;;;;;;;6*-1;+2. The molecule has 0 saturated carbocycles. The van der Waals surface area contributed by atoms with E-state index in [1.807, 2.05) is 0 Å². The zero-order valence-corrected chi connectivity index (χ0v) is 30.1. The van der Waals surface area contributed by atoms with Crippen molar-refractivity contribution < 1.29 is 314 Å². The predicted octanol–water partition coefficient (Wildman–Crippen LogP) is -19.8. The van der Waals surface area contributed by atoms with Crippen LogP contribution in [-0.4, -0.2) is 0 Å². The van der Waals surface area contributed by atoms with E-state index in [1.165, 1.54) is 0 Å². The Kier molecular flexibility index (Phi) is 66.7. The van der Waals surface area contributed by atoms with Gasteiger partial charge >= 0.3 is 314 Å². The maximum atomic E-state index is 8.59. The summed E-state index contributed by atoms with van der Waals surface area (Å²) in [7, 11) is 0. The monoisotopic (exact) mass is 568 g/mol. The molecule has 0 aliphatic heterocycles. The van der Waals surface area contributed by atoms with Crippen molar-refractivity contribution >= 4 is 0 Å². The largest absolute Gasteiger partial charge is 2.00 e. The molecule has 12 nitrogen and oxygen atoms in total. The Morgan fingerprint density at radius 2 is 0.400 bits per heavy atom. The minimum absolute atomic E-state index is 0. The van der Waals surface area contributed by atoms with Gasteiger partial charge in [0.15, 0.2) is 0 Å². The summed E-state index contributed by atoms with van der Waals surface area (Å²) >= 11 is -17.2. The predicted molar refractivity (Wildman–Crippen MR) is 4.12 cm³/mol. The third kappa shape index (κ3) is 279. The molecule has 0 atom stereocenters. The fourth-order valence-electron chi connectivity index (χ4n) is 0. The van der Waals surface area contributed by atoms with E-state index < -0.39 is 40.8 Å². The molecule has 0 radical (unpaired) electrons. The second kappa shape index (κ2) is 26.3. The van der Waals surface area contributed by atoms with Crippen molar-refractivity contribution in [3.8, 4) is 0 Å². The molecule has 0 rings (SSSR count). The van der Waals surface area contributed by atoms with Crippen molar-refractivity contribution in [2.75, 3.05) is 0 Å². The van der Waals surface area contributed by atoms with Crippen LogP contribution in [0.15, 0.2) is 0 Å². The van der Waals surface area contributed by atoms with Crippen molar-refractivity contribution in [2.45, 2.75) is 0 Å². The van der Waals surface area contributed by atoms with Gasteiger partial charge in [0.25, 0.3) is 0 Å². The molecule has 0 spiro atoms. The van der Waals surface area contributed by atoms with Crippen LogP contribution in [0.5, 0.6) is 0 Å². The third-order valence-electron chi connectivity index (χ3n) is 0. The van der Waals surface area contributed by atoms with E-state index in [1.54, 1.807) is 0 Å². The van der Waals surface area contributed by atoms with Crippen LogP contribution in [0.25, 0.3) is 0 Å². The molecule has 0 aromatic rings. The molecule has 20 heteroatoms. The summed E-state index contributed by atoms with van der Waals surface area (Å²) in [6.07, 6.45) is 0. The van der Waals surface area contributed by atoms with Crippen molar-refractivity contribution in [3.63, 3.8) is 0 Å². The Morgan fingerprint density at radius 3 is 0.400 bits per heavy atom. The van der Waals surface area contributed by atoms with Gasteiger partial charge in [0.1, 0.15) is 0 Å². The zero-order chi connectivity index (χ0) is 13.5. The topological polar surface area (TPSA) is 241 Å². The molecule has 0 heterocycles. The molecule has 0 N–H and O–H groups in total. The fraction of sp³-hybridized carbons (Fsp3) is 0. The molecule has 20 heavy (non-hydrogen) atoms. The Labute approximate surface area is 303 Å². The molecular formula is Cr3K4O12Zn. The molecule has 0 unspecified atom stereocenters. The molecule has 96 valence electrons. The molecule has 0 aromatic carbocycles. The number of rotatable bonds is 0. The second-order valence-electron chi connectivity index (χ2n) is 1.22. The average Bonchev–Trinajstić information content (AvgIpc) is 1.41. The van der Waals surface area contributed by atoms with Gasteiger partial charge in [-0.25, -0.2) is 0 Å². The van der Waals surface area contributed by atoms with Gasteiger partial charge in [0.2, 0.25) is 0 Å². The average molecular weight is 570 g/mol. The minimum atomic E-state index is -5.75. The SMILES string of the molecule is [K+].[K+].[K+].[K+].[O]=[Cr](=[O])([O-])[O-].[O]=[Cr](=[O])([O-])[O-].[O]=[Cr](=[O])([O-])[O-].[Zn+2]. The maximum Gasteiger partial charge on any atom is 2.00 e. The summed E-state index contributed by atoms with van der Waals surface area (Å²) < 4.78 is 103. The molecule has 0 aromatic heterocycles. The van der Waals surface area contributed by atoms with Crippen LogP contribution >= 0.6 is 0 Å². The van der Waals surface area contributed by atoms with Crippen LogP contribution in [-0.2, 0) is 83.1 Å². The smallest absolute Gasteiger partial charge is 2.00 e. The minimum Gasteiger partial charge on any atom is 2.00 e. The van der Waals surface area contributed by atoms with Gasteiger partial charge in [-0.05, 0) is 0 Å². The molecule has 0 saturated heterocycles. The Morgan fingerprint density at radius 1 is 0.400 bits per heavy atom. The Balaban J connectivity index is -0.0000000160. The summed E-state index contributed by atoms with van der Waals surface area (Å²) in [6, 6.07) is 0. The molecule has 0 fully saturated rings. The van der Waals surface area contributed by atoms with Crippen LogP contribution in [0.3, 0.4) is 0 Å². The summed E-state index contributed by atoms with van der Waals surface area (Å²) in [4.78, 5) is 0. The Bertz CT molecular complexity index is 352. The first-order valence-electron chi connectivity index (χ1n) is 2.00. The van der Waals surface area contributed by atoms with Gasteiger partial charge in [0, 0.05) is 0 Å². The van der Waals surface area contributed by atoms with E-state index in [9.17, 15) is 0 Å². The third-order valence-corrected chi connectivity index (χ3v) is 0. The van der Waals surface area contributed by atoms with Crippen LogP contribution in [0.4, 0.5) is 0 Å². The zero-order valence-electron chi connectivity index (χ0n) is 10.8. The van der Waals surface area contributed by atoms with E-state index in [0.717, 1.165) is 0 Å². The van der Waals surface area contributed by atoms with E-state index >= 15 is 0 Å². The first-order valence-corrected chi connectivity index (χ1v) is 8.25. The summed E-state index contributed by atoms with van der Waals surface area (Å²) in [6.45, 7) is 0. The van der Waals surface area contributed by atoms with Crippen LogP contribution in [0.1, 0.15) is 0 Å². The quantitative estimate of drug-likeness (QED) is 0.247. The fourth-order valence-corrected chi connectivity index (χ4v) is 0. The first-order chi connectivity index (χ1) is 6.00. The van der Waals surface area contributed by atoms with Crippen molar-refractivity contribution in [2.24, 2.45) is 0 Å². The van der Waals surface area contributed by atoms with E-state index in [0.29, 0.717) is 0 Å². The van der Waals surface area contributed by atoms with E-state index in [2.05, 4.69) is 0 Å². The van der Waals surface area contributed by atoms with Crippen molar-refractivity contribution in [1.29, 1.82) is 0 Å².